The normalized spacial score (nSPS) is 11.4. The molecule has 0 unspecified atom stereocenters. The summed E-state index contributed by atoms with van der Waals surface area (Å²) < 4.78 is 24.3. The fourth-order valence-electron chi connectivity index (χ4n) is 1.68. The molecule has 0 bridgehead atoms. The Labute approximate surface area is 136 Å². The lowest BCUT2D eigenvalue weighted by Gasteiger charge is -2.05. The van der Waals surface area contributed by atoms with Crippen LogP contribution in [0.5, 0.6) is 0 Å². The van der Waals surface area contributed by atoms with Crippen LogP contribution < -0.4 is 5.32 Å². The number of hydrogen-bond donors (Lipinski definition) is 1. The Morgan fingerprint density at radius 2 is 1.90 bits per heavy atom. The van der Waals surface area contributed by atoms with E-state index in [1.54, 1.807) is 25.1 Å². The lowest BCUT2D eigenvalue weighted by molar-refractivity contribution is 0.103. The van der Waals surface area contributed by atoms with Crippen molar-refractivity contribution >= 4 is 48.7 Å². The van der Waals surface area contributed by atoms with Crippen molar-refractivity contribution in [1.82, 2.24) is 0 Å². The number of aryl methyl sites for hydroxylation is 1. The van der Waals surface area contributed by atoms with Gasteiger partial charge >= 0.3 is 0 Å². The molecule has 1 aromatic carbocycles. The molecule has 7 heteroatoms. The number of nitrogens with one attached hydrogen (secondary N) is 1. The maximum Gasteiger partial charge on any atom is 0.265 e. The van der Waals surface area contributed by atoms with Gasteiger partial charge in [0.25, 0.3) is 5.91 Å². The molecule has 0 saturated carbocycles. The van der Waals surface area contributed by atoms with E-state index >= 15 is 0 Å². The molecule has 1 N–H and O–H groups in total. The van der Waals surface area contributed by atoms with E-state index in [2.05, 4.69) is 21.2 Å². The fraction of sp³-hybridized carbons (Fsp3) is 0.214. The molecular formula is C14H14BrNO3S2. The summed E-state index contributed by atoms with van der Waals surface area (Å²) in [5.74, 6) is -0.152. The second-order valence-electron chi connectivity index (χ2n) is 4.45. The van der Waals surface area contributed by atoms with Crippen molar-refractivity contribution in [3.8, 4) is 0 Å². The van der Waals surface area contributed by atoms with Crippen molar-refractivity contribution in [1.29, 1.82) is 0 Å². The van der Waals surface area contributed by atoms with Crippen molar-refractivity contribution in [3.05, 3.63) is 44.6 Å². The summed E-state index contributed by atoms with van der Waals surface area (Å²) in [7, 11) is -3.21. The number of thiophene rings is 1. The third kappa shape index (κ3) is 3.72. The SMILES string of the molecule is CCS(=O)(=O)c1ccc(NC(=O)c2cc(C)c(Br)s2)cc1. The molecule has 2 rings (SSSR count). The van der Waals surface area contributed by atoms with Gasteiger partial charge < -0.3 is 5.32 Å². The average Bonchev–Trinajstić information content (AvgIpc) is 2.79. The minimum Gasteiger partial charge on any atom is -0.321 e. The molecule has 21 heavy (non-hydrogen) atoms. The Balaban J connectivity index is 2.15. The quantitative estimate of drug-likeness (QED) is 0.865. The number of halogens is 1. The predicted molar refractivity (Wildman–Crippen MR) is 88.9 cm³/mol. The second-order valence-corrected chi connectivity index (χ2v) is 9.10. The molecule has 1 amide bonds. The minimum atomic E-state index is -3.21. The number of hydrogen-bond acceptors (Lipinski definition) is 4. The molecule has 0 aliphatic carbocycles. The summed E-state index contributed by atoms with van der Waals surface area (Å²) in [6.45, 7) is 3.52. The highest BCUT2D eigenvalue weighted by Gasteiger charge is 2.13. The van der Waals surface area contributed by atoms with Gasteiger partial charge in [0, 0.05) is 5.69 Å². The highest BCUT2D eigenvalue weighted by molar-refractivity contribution is 9.11. The van der Waals surface area contributed by atoms with Crippen LogP contribution in [0.15, 0.2) is 39.0 Å². The van der Waals surface area contributed by atoms with Crippen molar-refractivity contribution in [3.63, 3.8) is 0 Å². The van der Waals surface area contributed by atoms with Gasteiger partial charge in [0.1, 0.15) is 0 Å². The van der Waals surface area contributed by atoms with Gasteiger partial charge in [0.05, 0.1) is 19.3 Å². The highest BCUT2D eigenvalue weighted by Crippen LogP contribution is 2.28. The Hall–Kier alpha value is -1.18. The Morgan fingerprint density at radius 3 is 2.38 bits per heavy atom. The molecule has 0 aliphatic rings. The van der Waals surface area contributed by atoms with Gasteiger partial charge in [-0.1, -0.05) is 6.92 Å². The topological polar surface area (TPSA) is 63.2 Å². The first-order valence-corrected chi connectivity index (χ1v) is 9.50. The molecule has 0 saturated heterocycles. The first-order valence-electron chi connectivity index (χ1n) is 6.23. The number of rotatable bonds is 4. The maximum atomic E-state index is 12.1. The summed E-state index contributed by atoms with van der Waals surface area (Å²) in [6, 6.07) is 8.00. The van der Waals surface area contributed by atoms with Gasteiger partial charge in [-0.2, -0.15) is 0 Å². The smallest absolute Gasteiger partial charge is 0.265 e. The fourth-order valence-corrected chi connectivity index (χ4v) is 3.99. The number of sulfone groups is 1. The molecular weight excluding hydrogens is 374 g/mol. The third-order valence-corrected chi connectivity index (χ3v) is 6.82. The van der Waals surface area contributed by atoms with Crippen LogP contribution in [-0.2, 0) is 9.84 Å². The van der Waals surface area contributed by atoms with Crippen LogP contribution in [0.4, 0.5) is 5.69 Å². The molecule has 0 radical (unpaired) electrons. The van der Waals surface area contributed by atoms with E-state index in [0.29, 0.717) is 10.6 Å². The summed E-state index contributed by atoms with van der Waals surface area (Å²) in [5, 5.41) is 2.75. The lowest BCUT2D eigenvalue weighted by atomic mass is 10.3. The molecule has 0 atom stereocenters. The van der Waals surface area contributed by atoms with Crippen molar-refractivity contribution in [2.75, 3.05) is 11.1 Å². The zero-order valence-corrected chi connectivity index (χ0v) is 14.7. The van der Waals surface area contributed by atoms with Gasteiger partial charge in [-0.3, -0.25) is 4.79 Å². The summed E-state index contributed by atoms with van der Waals surface area (Å²) in [4.78, 5) is 12.9. The van der Waals surface area contributed by atoms with Gasteiger partial charge in [0.2, 0.25) is 0 Å². The van der Waals surface area contributed by atoms with E-state index < -0.39 is 9.84 Å². The number of carbonyl (C=O) groups excluding carboxylic acids is 1. The molecule has 2 aromatic rings. The van der Waals surface area contributed by atoms with E-state index in [-0.39, 0.29) is 16.6 Å². The average molecular weight is 388 g/mol. The van der Waals surface area contributed by atoms with Crippen LogP contribution >= 0.6 is 27.3 Å². The molecule has 0 aliphatic heterocycles. The van der Waals surface area contributed by atoms with Crippen LogP contribution in [0.25, 0.3) is 0 Å². The van der Waals surface area contributed by atoms with Crippen molar-refractivity contribution < 1.29 is 13.2 Å². The Bertz CT molecular complexity index is 745. The number of benzene rings is 1. The van der Waals surface area contributed by atoms with E-state index in [1.165, 1.54) is 23.5 Å². The zero-order valence-electron chi connectivity index (χ0n) is 11.5. The van der Waals surface area contributed by atoms with Crippen molar-refractivity contribution in [2.24, 2.45) is 0 Å². The van der Waals surface area contributed by atoms with Crippen LogP contribution in [0, 0.1) is 6.92 Å². The van der Waals surface area contributed by atoms with E-state index in [9.17, 15) is 13.2 Å². The molecule has 0 spiro atoms. The lowest BCUT2D eigenvalue weighted by Crippen LogP contribution is -2.10. The van der Waals surface area contributed by atoms with Crippen LogP contribution in [0.3, 0.4) is 0 Å². The van der Waals surface area contributed by atoms with Crippen LogP contribution in [-0.4, -0.2) is 20.1 Å². The largest absolute Gasteiger partial charge is 0.321 e. The maximum absolute atomic E-state index is 12.1. The molecule has 1 heterocycles. The van der Waals surface area contributed by atoms with Gasteiger partial charge in [-0.05, 0) is 58.7 Å². The molecule has 0 fully saturated rings. The Kier molecular flexibility index (Phi) is 4.85. The summed E-state index contributed by atoms with van der Waals surface area (Å²) in [5.41, 5.74) is 1.58. The molecule has 1 aromatic heterocycles. The number of amides is 1. The summed E-state index contributed by atoms with van der Waals surface area (Å²) in [6.07, 6.45) is 0. The monoisotopic (exact) mass is 387 g/mol. The highest BCUT2D eigenvalue weighted by atomic mass is 79.9. The number of anilines is 1. The summed E-state index contributed by atoms with van der Waals surface area (Å²) >= 11 is 4.74. The third-order valence-electron chi connectivity index (χ3n) is 2.93. The number of carbonyl (C=O) groups is 1. The predicted octanol–water partition coefficient (Wildman–Crippen LogP) is 3.86. The van der Waals surface area contributed by atoms with Gasteiger partial charge in [-0.15, -0.1) is 11.3 Å². The zero-order chi connectivity index (χ0) is 15.6. The minimum absolute atomic E-state index is 0.0568. The first kappa shape index (κ1) is 16.2. The van der Waals surface area contributed by atoms with Crippen LogP contribution in [0.2, 0.25) is 0 Å². The van der Waals surface area contributed by atoms with Gasteiger partial charge in [-0.25, -0.2) is 8.42 Å². The second kappa shape index (κ2) is 6.29. The first-order chi connectivity index (χ1) is 9.83. The van der Waals surface area contributed by atoms with E-state index in [0.717, 1.165) is 9.35 Å². The Morgan fingerprint density at radius 1 is 1.29 bits per heavy atom. The van der Waals surface area contributed by atoms with Crippen molar-refractivity contribution in [2.45, 2.75) is 18.7 Å². The van der Waals surface area contributed by atoms with Crippen LogP contribution in [0.1, 0.15) is 22.2 Å². The van der Waals surface area contributed by atoms with Gasteiger partial charge in [0.15, 0.2) is 9.84 Å². The van der Waals surface area contributed by atoms with E-state index in [4.69, 9.17) is 0 Å². The molecule has 112 valence electrons. The molecule has 4 nitrogen and oxygen atoms in total. The standard InChI is InChI=1S/C14H14BrNO3S2/c1-3-21(18,19)11-6-4-10(5-7-11)16-14(17)12-8-9(2)13(15)20-12/h4-8H,3H2,1-2H3,(H,16,17). The van der Waals surface area contributed by atoms with E-state index in [1.807, 2.05) is 6.92 Å².